The molecule has 0 aliphatic heterocycles. The zero-order chi connectivity index (χ0) is 15.8. The molecule has 0 atom stereocenters. The Morgan fingerprint density at radius 2 is 2.05 bits per heavy atom. The van der Waals surface area contributed by atoms with E-state index in [0.717, 1.165) is 16.0 Å². The van der Waals surface area contributed by atoms with E-state index < -0.39 is 0 Å². The van der Waals surface area contributed by atoms with Gasteiger partial charge < -0.3 is 0 Å². The molecule has 0 bridgehead atoms. The molecule has 0 fully saturated rings. The van der Waals surface area contributed by atoms with E-state index in [1.807, 2.05) is 55.5 Å². The van der Waals surface area contributed by atoms with E-state index in [-0.39, 0.29) is 5.91 Å². The highest BCUT2D eigenvalue weighted by Crippen LogP contribution is 2.20. The van der Waals surface area contributed by atoms with Crippen molar-refractivity contribution in [3.63, 3.8) is 0 Å². The number of hydrogen-bond acceptors (Lipinski definition) is 3. The summed E-state index contributed by atoms with van der Waals surface area (Å²) in [5, 5.41) is 4.68. The lowest BCUT2D eigenvalue weighted by atomic mass is 10.2. The highest BCUT2D eigenvalue weighted by atomic mass is 35.5. The second kappa shape index (κ2) is 8.61. The molecule has 3 nitrogen and oxygen atoms in total. The van der Waals surface area contributed by atoms with Crippen LogP contribution in [-0.2, 0) is 4.79 Å². The van der Waals surface area contributed by atoms with E-state index in [9.17, 15) is 4.79 Å². The summed E-state index contributed by atoms with van der Waals surface area (Å²) in [6.07, 6.45) is 2.07. The lowest BCUT2D eigenvalue weighted by Crippen LogP contribution is -2.17. The maximum Gasteiger partial charge on any atom is 0.240 e. The van der Waals surface area contributed by atoms with Gasteiger partial charge in [0, 0.05) is 22.1 Å². The minimum Gasteiger partial charge on any atom is -0.273 e. The Morgan fingerprint density at radius 3 is 2.77 bits per heavy atom. The second-order valence-electron chi connectivity index (χ2n) is 4.76. The number of aryl methyl sites for hydroxylation is 1. The van der Waals surface area contributed by atoms with Gasteiger partial charge in [-0.25, -0.2) is 5.43 Å². The van der Waals surface area contributed by atoms with Crippen LogP contribution in [0.3, 0.4) is 0 Å². The first-order chi connectivity index (χ1) is 10.6. The molecule has 0 aliphatic carbocycles. The van der Waals surface area contributed by atoms with Crippen LogP contribution in [0.4, 0.5) is 0 Å². The molecule has 114 valence electrons. The third kappa shape index (κ3) is 5.92. The minimum absolute atomic E-state index is 0.0923. The SMILES string of the molecule is Cc1cccc(C=NNC(=O)CCSc2ccc(Cl)cc2)c1. The molecule has 0 saturated heterocycles. The van der Waals surface area contributed by atoms with Gasteiger partial charge in [-0.2, -0.15) is 5.10 Å². The molecule has 5 heteroatoms. The summed E-state index contributed by atoms with van der Waals surface area (Å²) >= 11 is 7.44. The number of hydrazone groups is 1. The van der Waals surface area contributed by atoms with Crippen molar-refractivity contribution in [1.29, 1.82) is 0 Å². The van der Waals surface area contributed by atoms with Crippen LogP contribution in [0.2, 0.25) is 5.02 Å². The van der Waals surface area contributed by atoms with E-state index in [1.165, 1.54) is 0 Å². The highest BCUT2D eigenvalue weighted by molar-refractivity contribution is 7.99. The van der Waals surface area contributed by atoms with Crippen LogP contribution in [0.25, 0.3) is 0 Å². The van der Waals surface area contributed by atoms with Crippen LogP contribution in [-0.4, -0.2) is 17.9 Å². The monoisotopic (exact) mass is 332 g/mol. The van der Waals surface area contributed by atoms with Gasteiger partial charge in [0.1, 0.15) is 0 Å². The minimum atomic E-state index is -0.0923. The molecule has 2 aromatic rings. The zero-order valence-electron chi connectivity index (χ0n) is 12.3. The number of thioether (sulfide) groups is 1. The van der Waals surface area contributed by atoms with E-state index in [0.29, 0.717) is 17.2 Å². The van der Waals surface area contributed by atoms with Gasteiger partial charge in [-0.3, -0.25) is 4.79 Å². The first-order valence-electron chi connectivity index (χ1n) is 6.90. The maximum absolute atomic E-state index is 11.7. The Hall–Kier alpha value is -1.78. The summed E-state index contributed by atoms with van der Waals surface area (Å²) in [4.78, 5) is 12.8. The molecule has 0 aromatic heterocycles. The largest absolute Gasteiger partial charge is 0.273 e. The number of carbonyl (C=O) groups excluding carboxylic acids is 1. The van der Waals surface area contributed by atoms with E-state index in [2.05, 4.69) is 10.5 Å². The van der Waals surface area contributed by atoms with Crippen molar-refractivity contribution < 1.29 is 4.79 Å². The van der Waals surface area contributed by atoms with Crippen LogP contribution in [0, 0.1) is 6.92 Å². The summed E-state index contributed by atoms with van der Waals surface area (Å²) in [5.41, 5.74) is 4.67. The molecule has 0 heterocycles. The number of halogens is 1. The number of hydrogen-bond donors (Lipinski definition) is 1. The van der Waals surface area contributed by atoms with E-state index >= 15 is 0 Å². The van der Waals surface area contributed by atoms with Crippen molar-refractivity contribution in [1.82, 2.24) is 5.43 Å². The first-order valence-corrected chi connectivity index (χ1v) is 8.27. The first kappa shape index (κ1) is 16.6. The average Bonchev–Trinajstić information content (AvgIpc) is 2.49. The molecule has 2 aromatic carbocycles. The normalized spacial score (nSPS) is 10.8. The molecule has 0 aliphatic rings. The zero-order valence-corrected chi connectivity index (χ0v) is 13.8. The van der Waals surface area contributed by atoms with Crippen molar-refractivity contribution in [2.24, 2.45) is 5.10 Å². The Bertz CT molecular complexity index is 656. The second-order valence-corrected chi connectivity index (χ2v) is 6.36. The van der Waals surface area contributed by atoms with Crippen LogP contribution in [0.5, 0.6) is 0 Å². The van der Waals surface area contributed by atoms with Crippen LogP contribution >= 0.6 is 23.4 Å². The number of carbonyl (C=O) groups is 1. The number of rotatable bonds is 6. The number of nitrogens with one attached hydrogen (secondary N) is 1. The number of benzene rings is 2. The maximum atomic E-state index is 11.7. The number of amides is 1. The molecule has 1 amide bonds. The molecule has 2 rings (SSSR count). The van der Waals surface area contributed by atoms with Gasteiger partial charge in [0.25, 0.3) is 0 Å². The van der Waals surface area contributed by atoms with E-state index in [4.69, 9.17) is 11.6 Å². The van der Waals surface area contributed by atoms with Crippen molar-refractivity contribution in [3.05, 3.63) is 64.7 Å². The summed E-state index contributed by atoms with van der Waals surface area (Å²) in [6, 6.07) is 15.5. The quantitative estimate of drug-likeness (QED) is 0.487. The molecule has 0 saturated carbocycles. The molecular weight excluding hydrogens is 316 g/mol. The molecule has 0 radical (unpaired) electrons. The van der Waals surface area contributed by atoms with Gasteiger partial charge in [0.15, 0.2) is 0 Å². The molecule has 0 unspecified atom stereocenters. The van der Waals surface area contributed by atoms with Crippen LogP contribution < -0.4 is 5.43 Å². The summed E-state index contributed by atoms with van der Waals surface area (Å²) in [6.45, 7) is 2.02. The fourth-order valence-corrected chi connectivity index (χ4v) is 2.76. The van der Waals surface area contributed by atoms with Gasteiger partial charge in [0.2, 0.25) is 5.91 Å². The molecule has 0 spiro atoms. The number of nitrogens with zero attached hydrogens (tertiary/aromatic N) is 1. The third-order valence-electron chi connectivity index (χ3n) is 2.86. The van der Waals surface area contributed by atoms with Crippen molar-refractivity contribution >= 4 is 35.5 Å². The topological polar surface area (TPSA) is 41.5 Å². The fourth-order valence-electron chi connectivity index (χ4n) is 1.78. The van der Waals surface area contributed by atoms with Gasteiger partial charge in [0.05, 0.1) is 6.21 Å². The molecular formula is C17H17ClN2OS. The third-order valence-corrected chi connectivity index (χ3v) is 4.12. The Morgan fingerprint density at radius 1 is 1.27 bits per heavy atom. The van der Waals surface area contributed by atoms with Gasteiger partial charge in [-0.15, -0.1) is 11.8 Å². The van der Waals surface area contributed by atoms with Gasteiger partial charge in [-0.1, -0.05) is 41.4 Å². The van der Waals surface area contributed by atoms with Crippen molar-refractivity contribution in [2.45, 2.75) is 18.2 Å². The molecule has 22 heavy (non-hydrogen) atoms. The average molecular weight is 333 g/mol. The van der Waals surface area contributed by atoms with Gasteiger partial charge >= 0.3 is 0 Å². The Kier molecular flexibility index (Phi) is 6.49. The Labute approximate surface area is 139 Å². The van der Waals surface area contributed by atoms with Gasteiger partial charge in [-0.05, 0) is 36.8 Å². The highest BCUT2D eigenvalue weighted by Gasteiger charge is 2.01. The predicted octanol–water partition coefficient (Wildman–Crippen LogP) is 4.28. The van der Waals surface area contributed by atoms with E-state index in [1.54, 1.807) is 18.0 Å². The van der Waals surface area contributed by atoms with Crippen LogP contribution in [0.15, 0.2) is 58.5 Å². The summed E-state index contributed by atoms with van der Waals surface area (Å²) in [7, 11) is 0. The Balaban J connectivity index is 1.70. The van der Waals surface area contributed by atoms with Crippen molar-refractivity contribution in [3.8, 4) is 0 Å². The lowest BCUT2D eigenvalue weighted by molar-refractivity contribution is -0.120. The summed E-state index contributed by atoms with van der Waals surface area (Å²) in [5.74, 6) is 0.610. The predicted molar refractivity (Wildman–Crippen MR) is 93.7 cm³/mol. The molecule has 1 N–H and O–H groups in total. The fraction of sp³-hybridized carbons (Fsp3) is 0.176. The summed E-state index contributed by atoms with van der Waals surface area (Å²) < 4.78 is 0. The van der Waals surface area contributed by atoms with Crippen molar-refractivity contribution in [2.75, 3.05) is 5.75 Å². The van der Waals surface area contributed by atoms with Crippen LogP contribution in [0.1, 0.15) is 17.5 Å². The smallest absolute Gasteiger partial charge is 0.240 e. The standard InChI is InChI=1S/C17H17ClN2OS/c1-13-3-2-4-14(11-13)12-19-20-17(21)9-10-22-16-7-5-15(18)6-8-16/h2-8,11-12H,9-10H2,1H3,(H,20,21). The lowest BCUT2D eigenvalue weighted by Gasteiger charge is -2.01.